The number of carbonyl (C=O) groups is 2. The number of amides is 2. The maximum atomic E-state index is 12.3. The molecule has 2 amide bonds. The minimum absolute atomic E-state index is 0.0361. The number of hydrogen-bond donors (Lipinski definition) is 4. The van der Waals surface area contributed by atoms with Gasteiger partial charge in [-0.05, 0) is 42.5 Å². The molecule has 4 rings (SSSR count). The number of carbonyl (C=O) groups excluding carboxylic acids is 2. The third kappa shape index (κ3) is 4.79. The van der Waals surface area contributed by atoms with Crippen LogP contribution in [0.2, 0.25) is 0 Å². The molecule has 0 aliphatic rings. The van der Waals surface area contributed by atoms with E-state index in [1.807, 2.05) is 30.3 Å². The Kier molecular flexibility index (Phi) is 5.75. The van der Waals surface area contributed by atoms with Crippen LogP contribution < -0.4 is 16.2 Å². The molecule has 0 fully saturated rings. The molecule has 0 saturated carbocycles. The lowest BCUT2D eigenvalue weighted by Crippen LogP contribution is -2.42. The van der Waals surface area contributed by atoms with Crippen molar-refractivity contribution in [3.8, 4) is 5.75 Å². The van der Waals surface area contributed by atoms with Gasteiger partial charge in [0.2, 0.25) is 5.91 Å². The molecule has 0 saturated heterocycles. The van der Waals surface area contributed by atoms with Gasteiger partial charge in [-0.25, -0.2) is 0 Å². The van der Waals surface area contributed by atoms with Crippen LogP contribution >= 0.6 is 0 Å². The summed E-state index contributed by atoms with van der Waals surface area (Å²) in [6, 6.07) is 23.2. The van der Waals surface area contributed by atoms with E-state index in [9.17, 15) is 14.7 Å². The van der Waals surface area contributed by atoms with Crippen molar-refractivity contribution < 1.29 is 14.7 Å². The molecule has 1 aromatic heterocycles. The van der Waals surface area contributed by atoms with Gasteiger partial charge in [0.1, 0.15) is 5.75 Å². The molecular weight excluding hydrogens is 392 g/mol. The van der Waals surface area contributed by atoms with Crippen LogP contribution in [0.5, 0.6) is 5.75 Å². The van der Waals surface area contributed by atoms with E-state index in [0.29, 0.717) is 11.1 Å². The number of para-hydroxylation sites is 2. The van der Waals surface area contributed by atoms with Gasteiger partial charge in [-0.3, -0.25) is 25.4 Å². The summed E-state index contributed by atoms with van der Waals surface area (Å²) in [6.07, 6.45) is 1.69. The molecule has 1 heterocycles. The smallest absolute Gasteiger partial charge is 0.269 e. The van der Waals surface area contributed by atoms with E-state index in [4.69, 9.17) is 0 Å². The Balaban J connectivity index is 1.36. The highest BCUT2D eigenvalue weighted by atomic mass is 16.3. The van der Waals surface area contributed by atoms with Crippen LogP contribution in [0.25, 0.3) is 10.9 Å². The summed E-state index contributed by atoms with van der Waals surface area (Å²) in [7, 11) is 0. The normalized spacial score (nSPS) is 10.5. The molecular formula is C24H20N4O3. The van der Waals surface area contributed by atoms with Crippen LogP contribution in [0.4, 0.5) is 11.4 Å². The number of phenols is 1. The lowest BCUT2D eigenvalue weighted by Gasteiger charge is -2.11. The van der Waals surface area contributed by atoms with Crippen LogP contribution in [-0.4, -0.2) is 21.9 Å². The van der Waals surface area contributed by atoms with Crippen molar-refractivity contribution in [3.63, 3.8) is 0 Å². The predicted molar refractivity (Wildman–Crippen MR) is 119 cm³/mol. The second-order valence-electron chi connectivity index (χ2n) is 6.89. The number of nitrogens with one attached hydrogen (secondary N) is 3. The van der Waals surface area contributed by atoms with Crippen molar-refractivity contribution >= 4 is 34.1 Å². The predicted octanol–water partition coefficient (Wildman–Crippen LogP) is 3.69. The first-order valence-electron chi connectivity index (χ1n) is 9.67. The number of aromatic nitrogens is 1. The molecule has 31 heavy (non-hydrogen) atoms. The van der Waals surface area contributed by atoms with Gasteiger partial charge in [0.15, 0.2) is 0 Å². The van der Waals surface area contributed by atoms with Gasteiger partial charge in [0.25, 0.3) is 5.91 Å². The SMILES string of the molecule is O=C(Cc1ccccc1O)NNC(=O)c1ccc(Nc2ccnc3ccccc23)cc1. The maximum absolute atomic E-state index is 12.3. The molecule has 0 spiro atoms. The largest absolute Gasteiger partial charge is 0.508 e. The van der Waals surface area contributed by atoms with Gasteiger partial charge in [-0.1, -0.05) is 36.4 Å². The Morgan fingerprint density at radius 1 is 0.839 bits per heavy atom. The molecule has 0 unspecified atom stereocenters. The lowest BCUT2D eigenvalue weighted by atomic mass is 10.1. The van der Waals surface area contributed by atoms with Gasteiger partial charge in [0, 0.05) is 34.1 Å². The first-order valence-corrected chi connectivity index (χ1v) is 9.67. The third-order valence-corrected chi connectivity index (χ3v) is 4.73. The zero-order valence-corrected chi connectivity index (χ0v) is 16.5. The van der Waals surface area contributed by atoms with Crippen molar-refractivity contribution in [2.45, 2.75) is 6.42 Å². The molecule has 4 aromatic rings. The number of hydrogen-bond acceptors (Lipinski definition) is 5. The fourth-order valence-electron chi connectivity index (χ4n) is 3.14. The minimum atomic E-state index is -0.438. The minimum Gasteiger partial charge on any atom is -0.508 e. The maximum Gasteiger partial charge on any atom is 0.269 e. The zero-order valence-electron chi connectivity index (χ0n) is 16.5. The molecule has 0 radical (unpaired) electrons. The molecule has 0 aliphatic carbocycles. The fraction of sp³-hybridized carbons (Fsp3) is 0.0417. The number of fused-ring (bicyclic) bond motifs is 1. The second kappa shape index (κ2) is 8.96. The van der Waals surface area contributed by atoms with E-state index in [1.54, 1.807) is 48.7 Å². The third-order valence-electron chi connectivity index (χ3n) is 4.73. The van der Waals surface area contributed by atoms with E-state index in [0.717, 1.165) is 22.3 Å². The summed E-state index contributed by atoms with van der Waals surface area (Å²) >= 11 is 0. The quantitative estimate of drug-likeness (QED) is 0.375. The highest BCUT2D eigenvalue weighted by molar-refractivity contribution is 5.96. The topological polar surface area (TPSA) is 103 Å². The van der Waals surface area contributed by atoms with Gasteiger partial charge in [-0.15, -0.1) is 0 Å². The van der Waals surface area contributed by atoms with Gasteiger partial charge < -0.3 is 10.4 Å². The van der Waals surface area contributed by atoms with Gasteiger partial charge >= 0.3 is 0 Å². The number of benzene rings is 3. The standard InChI is InChI=1S/C24H20N4O3/c29-22-8-4-1-5-17(22)15-23(30)27-28-24(31)16-9-11-18(12-10-16)26-21-13-14-25-20-7-3-2-6-19(20)21/h1-14,29H,15H2,(H,25,26)(H,27,30)(H,28,31). The van der Waals surface area contributed by atoms with Gasteiger partial charge in [0.05, 0.1) is 11.9 Å². The first-order chi connectivity index (χ1) is 15.1. The second-order valence-corrected chi connectivity index (χ2v) is 6.89. The number of pyridine rings is 1. The van der Waals surface area contributed by atoms with Crippen LogP contribution in [-0.2, 0) is 11.2 Å². The van der Waals surface area contributed by atoms with E-state index < -0.39 is 11.8 Å². The Labute approximate surface area is 178 Å². The number of phenolic OH excluding ortho intramolecular Hbond substituents is 1. The van der Waals surface area contributed by atoms with E-state index >= 15 is 0 Å². The van der Waals surface area contributed by atoms with Crippen LogP contribution in [0.15, 0.2) is 85.1 Å². The Morgan fingerprint density at radius 2 is 1.58 bits per heavy atom. The van der Waals surface area contributed by atoms with Crippen molar-refractivity contribution in [2.75, 3.05) is 5.32 Å². The van der Waals surface area contributed by atoms with E-state index in [2.05, 4.69) is 21.2 Å². The van der Waals surface area contributed by atoms with Crippen molar-refractivity contribution in [1.29, 1.82) is 0 Å². The van der Waals surface area contributed by atoms with Crippen LogP contribution in [0.1, 0.15) is 15.9 Å². The monoisotopic (exact) mass is 412 g/mol. The van der Waals surface area contributed by atoms with Crippen LogP contribution in [0.3, 0.4) is 0 Å². The molecule has 7 nitrogen and oxygen atoms in total. The van der Waals surface area contributed by atoms with Crippen LogP contribution in [0, 0.1) is 0 Å². The number of rotatable bonds is 5. The fourth-order valence-corrected chi connectivity index (χ4v) is 3.14. The molecule has 4 N–H and O–H groups in total. The Bertz CT molecular complexity index is 1230. The Hall–Kier alpha value is -4.39. The first kappa shape index (κ1) is 19.9. The summed E-state index contributed by atoms with van der Waals surface area (Å²) in [5.41, 5.74) is 8.24. The highest BCUT2D eigenvalue weighted by Gasteiger charge is 2.10. The summed E-state index contributed by atoms with van der Waals surface area (Å²) < 4.78 is 0. The average Bonchev–Trinajstić information content (AvgIpc) is 2.80. The molecule has 7 heteroatoms. The summed E-state index contributed by atoms with van der Waals surface area (Å²) in [4.78, 5) is 28.7. The number of nitrogens with zero attached hydrogens (tertiary/aromatic N) is 1. The highest BCUT2D eigenvalue weighted by Crippen LogP contribution is 2.25. The summed E-state index contributed by atoms with van der Waals surface area (Å²) in [5, 5.41) is 14.1. The molecule has 0 aliphatic heterocycles. The van der Waals surface area contributed by atoms with E-state index in [-0.39, 0.29) is 12.2 Å². The molecule has 0 bridgehead atoms. The number of hydrazine groups is 1. The molecule has 154 valence electrons. The summed E-state index contributed by atoms with van der Waals surface area (Å²) in [6.45, 7) is 0. The Morgan fingerprint density at radius 3 is 2.39 bits per heavy atom. The van der Waals surface area contributed by atoms with Crippen molar-refractivity contribution in [3.05, 3.63) is 96.2 Å². The molecule has 0 atom stereocenters. The molecule has 3 aromatic carbocycles. The summed E-state index contributed by atoms with van der Waals surface area (Å²) in [5.74, 6) is -0.835. The van der Waals surface area contributed by atoms with Crippen molar-refractivity contribution in [2.24, 2.45) is 0 Å². The number of aromatic hydroxyl groups is 1. The van der Waals surface area contributed by atoms with Crippen molar-refractivity contribution in [1.82, 2.24) is 15.8 Å². The van der Waals surface area contributed by atoms with Gasteiger partial charge in [-0.2, -0.15) is 0 Å². The number of anilines is 2. The van der Waals surface area contributed by atoms with E-state index in [1.165, 1.54) is 6.07 Å². The zero-order chi connectivity index (χ0) is 21.6. The average molecular weight is 412 g/mol. The lowest BCUT2D eigenvalue weighted by molar-refractivity contribution is -0.121.